The van der Waals surface area contributed by atoms with Gasteiger partial charge >= 0.3 is 0 Å². The fourth-order valence-electron chi connectivity index (χ4n) is 2.04. The predicted molar refractivity (Wildman–Crippen MR) is 73.8 cm³/mol. The maximum Gasteiger partial charge on any atom is 0.0919 e. The van der Waals surface area contributed by atoms with Crippen LogP contribution in [0.4, 0.5) is 0 Å². The van der Waals surface area contributed by atoms with Crippen molar-refractivity contribution in [2.24, 2.45) is 0 Å². The van der Waals surface area contributed by atoms with Crippen LogP contribution >= 0.6 is 22.9 Å². The van der Waals surface area contributed by atoms with Crippen LogP contribution in [0.3, 0.4) is 0 Å². The Morgan fingerprint density at radius 2 is 1.88 bits per heavy atom. The van der Waals surface area contributed by atoms with Gasteiger partial charge in [-0.25, -0.2) is 0 Å². The molecule has 0 amide bonds. The van der Waals surface area contributed by atoms with Crippen molar-refractivity contribution < 1.29 is 5.11 Å². The van der Waals surface area contributed by atoms with Crippen LogP contribution in [0.1, 0.15) is 22.9 Å². The van der Waals surface area contributed by atoms with E-state index in [9.17, 15) is 5.11 Å². The number of aliphatic hydroxyl groups is 1. The fraction of sp³-hybridized carbons (Fsp3) is 0.286. The standard InChI is InChI=1S/C14H15ClOS/c1-10-13(7-8-17-10)14(2,16)9-11-3-5-12(15)6-4-11/h3-8,16H,9H2,1-2H3. The summed E-state index contributed by atoms with van der Waals surface area (Å²) >= 11 is 7.51. The van der Waals surface area contributed by atoms with E-state index in [0.717, 1.165) is 16.1 Å². The molecule has 0 saturated heterocycles. The first-order valence-electron chi connectivity index (χ1n) is 5.50. The molecule has 0 aliphatic carbocycles. The van der Waals surface area contributed by atoms with E-state index in [1.54, 1.807) is 11.3 Å². The lowest BCUT2D eigenvalue weighted by atomic mass is 9.89. The number of aryl methyl sites for hydroxylation is 1. The smallest absolute Gasteiger partial charge is 0.0919 e. The average Bonchev–Trinajstić information content (AvgIpc) is 2.68. The third kappa shape index (κ3) is 2.89. The van der Waals surface area contributed by atoms with Crippen LogP contribution in [0.25, 0.3) is 0 Å². The number of benzene rings is 1. The van der Waals surface area contributed by atoms with Crippen LogP contribution in [0.5, 0.6) is 0 Å². The highest BCUT2D eigenvalue weighted by atomic mass is 35.5. The number of halogens is 1. The van der Waals surface area contributed by atoms with E-state index in [-0.39, 0.29) is 0 Å². The molecule has 0 radical (unpaired) electrons. The van der Waals surface area contributed by atoms with E-state index < -0.39 is 5.60 Å². The lowest BCUT2D eigenvalue weighted by Gasteiger charge is -2.23. The molecule has 1 N–H and O–H groups in total. The van der Waals surface area contributed by atoms with Crippen LogP contribution in [-0.2, 0) is 12.0 Å². The van der Waals surface area contributed by atoms with Gasteiger partial charge in [-0.15, -0.1) is 11.3 Å². The summed E-state index contributed by atoms with van der Waals surface area (Å²) in [5, 5.41) is 13.3. The van der Waals surface area contributed by atoms with Gasteiger partial charge in [-0.3, -0.25) is 0 Å². The Bertz CT molecular complexity index is 499. The summed E-state index contributed by atoms with van der Waals surface area (Å²) in [6.45, 7) is 3.90. The molecule has 2 rings (SSSR count). The molecule has 1 atom stereocenters. The SMILES string of the molecule is Cc1sccc1C(C)(O)Cc1ccc(Cl)cc1. The highest BCUT2D eigenvalue weighted by molar-refractivity contribution is 7.10. The third-order valence-corrected chi connectivity index (χ3v) is 4.00. The molecule has 17 heavy (non-hydrogen) atoms. The van der Waals surface area contributed by atoms with Crippen molar-refractivity contribution in [1.82, 2.24) is 0 Å². The number of hydrogen-bond donors (Lipinski definition) is 1. The first-order valence-corrected chi connectivity index (χ1v) is 6.76. The summed E-state index contributed by atoms with van der Waals surface area (Å²) < 4.78 is 0. The summed E-state index contributed by atoms with van der Waals surface area (Å²) in [5.74, 6) is 0. The van der Waals surface area contributed by atoms with Gasteiger partial charge < -0.3 is 5.11 Å². The molecule has 90 valence electrons. The van der Waals surface area contributed by atoms with Gasteiger partial charge in [0.2, 0.25) is 0 Å². The first kappa shape index (κ1) is 12.6. The van der Waals surface area contributed by atoms with Crippen molar-refractivity contribution >= 4 is 22.9 Å². The van der Waals surface area contributed by atoms with E-state index in [2.05, 4.69) is 0 Å². The lowest BCUT2D eigenvalue weighted by molar-refractivity contribution is 0.0575. The average molecular weight is 267 g/mol. The Hall–Kier alpha value is -0.830. The normalized spacial score (nSPS) is 14.6. The molecule has 0 bridgehead atoms. The van der Waals surface area contributed by atoms with Crippen molar-refractivity contribution in [2.75, 3.05) is 0 Å². The number of hydrogen-bond acceptors (Lipinski definition) is 2. The molecule has 1 unspecified atom stereocenters. The van der Waals surface area contributed by atoms with Crippen LogP contribution in [0.2, 0.25) is 5.02 Å². The Balaban J connectivity index is 2.23. The summed E-state index contributed by atoms with van der Waals surface area (Å²) in [4.78, 5) is 1.17. The topological polar surface area (TPSA) is 20.2 Å². The van der Waals surface area contributed by atoms with E-state index in [1.807, 2.05) is 49.6 Å². The zero-order chi connectivity index (χ0) is 12.5. The van der Waals surface area contributed by atoms with E-state index in [1.165, 1.54) is 4.88 Å². The van der Waals surface area contributed by atoms with Crippen molar-refractivity contribution in [3.63, 3.8) is 0 Å². The minimum Gasteiger partial charge on any atom is -0.385 e. The number of thiophene rings is 1. The Morgan fingerprint density at radius 1 is 1.24 bits per heavy atom. The van der Waals surface area contributed by atoms with Gasteiger partial charge in [0.25, 0.3) is 0 Å². The van der Waals surface area contributed by atoms with Crippen LogP contribution in [0, 0.1) is 6.92 Å². The highest BCUT2D eigenvalue weighted by Crippen LogP contribution is 2.31. The van der Waals surface area contributed by atoms with Gasteiger partial charge in [-0.1, -0.05) is 23.7 Å². The number of rotatable bonds is 3. The molecule has 1 nitrogen and oxygen atoms in total. The molecule has 2 aromatic rings. The second-order valence-corrected chi connectivity index (χ2v) is 6.02. The van der Waals surface area contributed by atoms with Crippen LogP contribution < -0.4 is 0 Å². The molecular formula is C14H15ClOS. The summed E-state index contributed by atoms with van der Waals surface area (Å²) in [7, 11) is 0. The molecule has 0 spiro atoms. The highest BCUT2D eigenvalue weighted by Gasteiger charge is 2.25. The maximum atomic E-state index is 10.6. The monoisotopic (exact) mass is 266 g/mol. The van der Waals surface area contributed by atoms with Gasteiger partial charge in [-0.05, 0) is 48.6 Å². The summed E-state index contributed by atoms with van der Waals surface area (Å²) in [6.07, 6.45) is 0.599. The van der Waals surface area contributed by atoms with Crippen LogP contribution in [0.15, 0.2) is 35.7 Å². The van der Waals surface area contributed by atoms with Gasteiger partial charge in [0.05, 0.1) is 5.60 Å². The first-order chi connectivity index (χ1) is 7.99. The van der Waals surface area contributed by atoms with Crippen LogP contribution in [-0.4, -0.2) is 5.11 Å². The molecule has 1 aromatic heterocycles. The molecule has 3 heteroatoms. The van der Waals surface area contributed by atoms with Gasteiger partial charge in [0.15, 0.2) is 0 Å². The van der Waals surface area contributed by atoms with E-state index in [4.69, 9.17) is 11.6 Å². The Labute approximate surface area is 111 Å². The molecular weight excluding hydrogens is 252 g/mol. The van der Waals surface area contributed by atoms with Gasteiger partial charge in [0, 0.05) is 16.3 Å². The van der Waals surface area contributed by atoms with Gasteiger partial charge in [0.1, 0.15) is 0 Å². The molecule has 1 aromatic carbocycles. The Kier molecular flexibility index (Phi) is 3.57. The zero-order valence-electron chi connectivity index (χ0n) is 9.90. The predicted octanol–water partition coefficient (Wildman–Crippen LogP) is 4.16. The maximum absolute atomic E-state index is 10.6. The molecule has 0 saturated carbocycles. The molecule has 1 heterocycles. The van der Waals surface area contributed by atoms with E-state index >= 15 is 0 Å². The van der Waals surface area contributed by atoms with Crippen molar-refractivity contribution in [3.8, 4) is 0 Å². The fourth-order valence-corrected chi connectivity index (χ4v) is 2.99. The van der Waals surface area contributed by atoms with Crippen molar-refractivity contribution in [3.05, 3.63) is 56.7 Å². The largest absolute Gasteiger partial charge is 0.385 e. The van der Waals surface area contributed by atoms with Crippen molar-refractivity contribution in [2.45, 2.75) is 25.9 Å². The molecule has 0 fully saturated rings. The lowest BCUT2D eigenvalue weighted by Crippen LogP contribution is -2.24. The van der Waals surface area contributed by atoms with E-state index in [0.29, 0.717) is 6.42 Å². The minimum atomic E-state index is -0.822. The van der Waals surface area contributed by atoms with Crippen molar-refractivity contribution in [1.29, 1.82) is 0 Å². The summed E-state index contributed by atoms with van der Waals surface area (Å²) in [6, 6.07) is 9.62. The molecule has 0 aliphatic rings. The third-order valence-electron chi connectivity index (χ3n) is 2.90. The zero-order valence-corrected chi connectivity index (χ0v) is 11.5. The summed E-state index contributed by atoms with van der Waals surface area (Å²) in [5.41, 5.74) is 1.28. The second-order valence-electron chi connectivity index (χ2n) is 4.47. The van der Waals surface area contributed by atoms with Gasteiger partial charge in [-0.2, -0.15) is 0 Å². The Morgan fingerprint density at radius 3 is 2.41 bits per heavy atom. The molecule has 0 aliphatic heterocycles. The second kappa shape index (κ2) is 4.81. The minimum absolute atomic E-state index is 0.599. The quantitative estimate of drug-likeness (QED) is 0.884.